The normalized spacial score (nSPS) is 10.0. The monoisotopic (exact) mass is 328 g/mol. The first kappa shape index (κ1) is 16.9. The number of amides is 2. The molecule has 124 valence electrons. The Morgan fingerprint density at radius 1 is 1.17 bits per heavy atom. The van der Waals surface area contributed by atoms with Gasteiger partial charge in [-0.05, 0) is 37.3 Å². The summed E-state index contributed by atoms with van der Waals surface area (Å²) in [5.74, 6) is -0.872. The van der Waals surface area contributed by atoms with Crippen molar-refractivity contribution >= 4 is 28.9 Å². The average molecular weight is 328 g/mol. The number of nitrogens with two attached hydrogens (primary N) is 1. The van der Waals surface area contributed by atoms with E-state index in [4.69, 9.17) is 5.73 Å². The number of anilines is 2. The Labute approximate surface area is 137 Å². The lowest BCUT2D eigenvalue weighted by Crippen LogP contribution is -2.22. The van der Waals surface area contributed by atoms with Crippen LogP contribution in [0.4, 0.5) is 17.1 Å². The van der Waals surface area contributed by atoms with Crippen molar-refractivity contribution in [2.75, 3.05) is 17.2 Å². The van der Waals surface area contributed by atoms with Crippen molar-refractivity contribution in [3.63, 3.8) is 0 Å². The zero-order valence-corrected chi connectivity index (χ0v) is 12.9. The molecule has 2 rings (SSSR count). The lowest BCUT2D eigenvalue weighted by Gasteiger charge is -2.10. The van der Waals surface area contributed by atoms with Gasteiger partial charge in [0.1, 0.15) is 0 Å². The number of carbonyl (C=O) groups is 2. The van der Waals surface area contributed by atoms with Gasteiger partial charge in [0.05, 0.1) is 11.5 Å². The molecular formula is C16H16N4O4. The van der Waals surface area contributed by atoms with E-state index in [2.05, 4.69) is 10.6 Å². The van der Waals surface area contributed by atoms with Gasteiger partial charge in [-0.2, -0.15) is 0 Å². The van der Waals surface area contributed by atoms with Crippen LogP contribution >= 0.6 is 0 Å². The van der Waals surface area contributed by atoms with Crippen molar-refractivity contribution in [3.8, 4) is 0 Å². The fourth-order valence-corrected chi connectivity index (χ4v) is 2.11. The molecule has 8 heteroatoms. The van der Waals surface area contributed by atoms with E-state index in [-0.39, 0.29) is 18.1 Å². The highest BCUT2D eigenvalue weighted by atomic mass is 16.6. The second-order valence-corrected chi connectivity index (χ2v) is 5.05. The van der Waals surface area contributed by atoms with Crippen LogP contribution in [0.5, 0.6) is 0 Å². The molecular weight excluding hydrogens is 312 g/mol. The average Bonchev–Trinajstić information content (AvgIpc) is 2.54. The van der Waals surface area contributed by atoms with Gasteiger partial charge in [0.2, 0.25) is 11.8 Å². The van der Waals surface area contributed by atoms with E-state index in [1.54, 1.807) is 31.2 Å². The molecule has 0 saturated heterocycles. The largest absolute Gasteiger partial charge is 0.376 e. The molecule has 24 heavy (non-hydrogen) atoms. The second kappa shape index (κ2) is 7.23. The third-order valence-electron chi connectivity index (χ3n) is 3.39. The third-order valence-corrected chi connectivity index (χ3v) is 3.39. The quantitative estimate of drug-likeness (QED) is 0.552. The van der Waals surface area contributed by atoms with E-state index in [1.165, 1.54) is 18.2 Å². The molecule has 0 heterocycles. The van der Waals surface area contributed by atoms with Gasteiger partial charge in [-0.15, -0.1) is 0 Å². The summed E-state index contributed by atoms with van der Waals surface area (Å²) >= 11 is 0. The molecule has 0 aliphatic carbocycles. The van der Waals surface area contributed by atoms with Gasteiger partial charge in [0.25, 0.3) is 5.69 Å². The molecule has 0 saturated carbocycles. The number of primary amides is 1. The second-order valence-electron chi connectivity index (χ2n) is 5.05. The molecule has 0 spiro atoms. The van der Waals surface area contributed by atoms with Crippen molar-refractivity contribution in [1.82, 2.24) is 0 Å². The number of nitro groups is 1. The third kappa shape index (κ3) is 4.07. The molecule has 0 radical (unpaired) electrons. The lowest BCUT2D eigenvalue weighted by molar-refractivity contribution is -0.385. The van der Waals surface area contributed by atoms with Crippen LogP contribution in [0.15, 0.2) is 42.5 Å². The minimum absolute atomic E-state index is 0.0116. The smallest absolute Gasteiger partial charge is 0.274 e. The van der Waals surface area contributed by atoms with E-state index in [9.17, 15) is 19.7 Å². The van der Waals surface area contributed by atoms with Crippen molar-refractivity contribution in [2.45, 2.75) is 6.92 Å². The van der Waals surface area contributed by atoms with Gasteiger partial charge in [-0.3, -0.25) is 19.7 Å². The van der Waals surface area contributed by atoms with Crippen LogP contribution in [0, 0.1) is 17.0 Å². The maximum absolute atomic E-state index is 11.9. The molecule has 0 atom stereocenters. The number of nitrogens with one attached hydrogen (secondary N) is 2. The Morgan fingerprint density at radius 3 is 2.42 bits per heavy atom. The molecule has 0 aliphatic rings. The number of hydrogen-bond acceptors (Lipinski definition) is 5. The Morgan fingerprint density at radius 2 is 1.83 bits per heavy atom. The van der Waals surface area contributed by atoms with Gasteiger partial charge >= 0.3 is 0 Å². The Hall–Kier alpha value is -3.42. The number of nitrogens with zero attached hydrogens (tertiary/aromatic N) is 1. The first-order chi connectivity index (χ1) is 11.4. The predicted molar refractivity (Wildman–Crippen MR) is 89.9 cm³/mol. The van der Waals surface area contributed by atoms with Crippen LogP contribution in [0.3, 0.4) is 0 Å². The minimum atomic E-state index is -0.546. The number of hydrogen-bond donors (Lipinski definition) is 3. The van der Waals surface area contributed by atoms with Crippen LogP contribution in [-0.2, 0) is 4.79 Å². The number of benzene rings is 2. The Balaban J connectivity index is 1.97. The summed E-state index contributed by atoms with van der Waals surface area (Å²) in [6.07, 6.45) is 0. The maximum atomic E-state index is 11.9. The zero-order chi connectivity index (χ0) is 17.7. The van der Waals surface area contributed by atoms with E-state index in [1.807, 2.05) is 0 Å². The molecule has 2 aromatic carbocycles. The predicted octanol–water partition coefficient (Wildman–Crippen LogP) is 2.05. The minimum Gasteiger partial charge on any atom is -0.376 e. The van der Waals surface area contributed by atoms with Gasteiger partial charge in [-0.25, -0.2) is 0 Å². The summed E-state index contributed by atoms with van der Waals surface area (Å²) in [5.41, 5.74) is 6.97. The highest BCUT2D eigenvalue weighted by Gasteiger charge is 2.13. The van der Waals surface area contributed by atoms with Gasteiger partial charge in [0, 0.05) is 28.6 Å². The first-order valence-corrected chi connectivity index (χ1v) is 7.06. The molecule has 0 bridgehead atoms. The highest BCUT2D eigenvalue weighted by Crippen LogP contribution is 2.24. The summed E-state index contributed by atoms with van der Waals surface area (Å²) in [7, 11) is 0. The fourth-order valence-electron chi connectivity index (χ4n) is 2.11. The van der Waals surface area contributed by atoms with Crippen molar-refractivity contribution < 1.29 is 14.5 Å². The van der Waals surface area contributed by atoms with Crippen molar-refractivity contribution in [3.05, 3.63) is 63.7 Å². The lowest BCUT2D eigenvalue weighted by atomic mass is 10.1. The summed E-state index contributed by atoms with van der Waals surface area (Å²) < 4.78 is 0. The summed E-state index contributed by atoms with van der Waals surface area (Å²) in [6, 6.07) is 10.8. The summed E-state index contributed by atoms with van der Waals surface area (Å²) in [5, 5.41) is 16.4. The van der Waals surface area contributed by atoms with Gasteiger partial charge in [-0.1, -0.05) is 6.07 Å². The SMILES string of the molecule is Cc1c(NCC(=O)Nc2ccc(C(N)=O)cc2)cccc1[N+](=O)[O-]. The topological polar surface area (TPSA) is 127 Å². The molecule has 0 aliphatic heterocycles. The Kier molecular flexibility index (Phi) is 5.10. The molecule has 4 N–H and O–H groups in total. The van der Waals surface area contributed by atoms with E-state index < -0.39 is 10.8 Å². The highest BCUT2D eigenvalue weighted by molar-refractivity contribution is 5.96. The summed E-state index contributed by atoms with van der Waals surface area (Å²) in [4.78, 5) is 33.3. The molecule has 0 fully saturated rings. The zero-order valence-electron chi connectivity index (χ0n) is 12.9. The van der Waals surface area contributed by atoms with Crippen LogP contribution in [0.2, 0.25) is 0 Å². The van der Waals surface area contributed by atoms with Crippen LogP contribution in [0.1, 0.15) is 15.9 Å². The maximum Gasteiger partial charge on any atom is 0.274 e. The number of nitro benzene ring substituents is 1. The molecule has 0 unspecified atom stereocenters. The number of carbonyl (C=O) groups excluding carboxylic acids is 2. The van der Waals surface area contributed by atoms with Crippen LogP contribution < -0.4 is 16.4 Å². The fraction of sp³-hybridized carbons (Fsp3) is 0.125. The van der Waals surface area contributed by atoms with Crippen molar-refractivity contribution in [1.29, 1.82) is 0 Å². The summed E-state index contributed by atoms with van der Waals surface area (Å²) in [6.45, 7) is 1.56. The van der Waals surface area contributed by atoms with E-state index >= 15 is 0 Å². The van der Waals surface area contributed by atoms with Gasteiger partial charge < -0.3 is 16.4 Å². The molecule has 8 nitrogen and oxygen atoms in total. The van der Waals surface area contributed by atoms with E-state index in [0.717, 1.165) is 0 Å². The van der Waals surface area contributed by atoms with Crippen LogP contribution in [-0.4, -0.2) is 23.3 Å². The molecule has 0 aromatic heterocycles. The van der Waals surface area contributed by atoms with Crippen molar-refractivity contribution in [2.24, 2.45) is 5.73 Å². The standard InChI is InChI=1S/C16H16N4O4/c1-10-13(3-2-4-14(10)20(23)24)18-9-15(21)19-12-7-5-11(6-8-12)16(17)22/h2-8,18H,9H2,1H3,(H2,17,22)(H,19,21). The Bertz CT molecular complexity index is 787. The van der Waals surface area contributed by atoms with E-state index in [0.29, 0.717) is 22.5 Å². The van der Waals surface area contributed by atoms with Gasteiger partial charge in [0.15, 0.2) is 0 Å². The molecule has 2 amide bonds. The molecule has 2 aromatic rings. The first-order valence-electron chi connectivity index (χ1n) is 7.06. The number of rotatable bonds is 6. The van der Waals surface area contributed by atoms with Crippen LogP contribution in [0.25, 0.3) is 0 Å².